The first-order valence-corrected chi connectivity index (χ1v) is 16.3. The van der Waals surface area contributed by atoms with E-state index in [0.717, 1.165) is 55.4 Å². The van der Waals surface area contributed by atoms with Crippen molar-refractivity contribution in [1.29, 1.82) is 10.5 Å². The summed E-state index contributed by atoms with van der Waals surface area (Å²) in [6.07, 6.45) is 0. The topological polar surface area (TPSA) is 61.8 Å². The average Bonchev–Trinajstić information content (AvgIpc) is 3.70. The maximum Gasteiger partial charge on any atom is 0.211 e. The summed E-state index contributed by atoms with van der Waals surface area (Å²) in [7, 11) is 0. The number of aromatic nitrogens is 2. The fourth-order valence-corrected chi connectivity index (χ4v) is 7.43. The van der Waals surface area contributed by atoms with Gasteiger partial charge in [-0.2, -0.15) is 10.5 Å². The molecule has 0 spiro atoms. The van der Waals surface area contributed by atoms with Crippen molar-refractivity contribution in [3.63, 3.8) is 0 Å². The van der Waals surface area contributed by atoms with Crippen LogP contribution in [0.5, 0.6) is 0 Å². The van der Waals surface area contributed by atoms with Crippen molar-refractivity contribution in [2.75, 3.05) is 0 Å². The number of nitriles is 2. The Morgan fingerprint density at radius 3 is 1.88 bits per heavy atom. The summed E-state index contributed by atoms with van der Waals surface area (Å²) >= 11 is 0. The molecule has 0 saturated carbocycles. The molecule has 7 aromatic carbocycles. The second-order valence-corrected chi connectivity index (χ2v) is 12.3. The second kappa shape index (κ2) is 11.4. The Morgan fingerprint density at radius 2 is 1.16 bits per heavy atom. The highest BCUT2D eigenvalue weighted by Crippen LogP contribution is 2.42. The number of hydrogen-bond acceptors (Lipinski definition) is 2. The van der Waals surface area contributed by atoms with Gasteiger partial charge in [0, 0.05) is 27.2 Å². The summed E-state index contributed by atoms with van der Waals surface area (Å²) in [5.74, 6) is 0. The number of hydrogen-bond donors (Lipinski definition) is 0. The molecule has 230 valence electrons. The molecule has 9 aromatic rings. The highest BCUT2D eigenvalue weighted by molar-refractivity contribution is 6.13. The third kappa shape index (κ3) is 4.31. The normalized spacial score (nSPS) is 11.1. The van der Waals surface area contributed by atoms with E-state index >= 15 is 0 Å². The lowest BCUT2D eigenvalue weighted by atomic mass is 9.98. The lowest BCUT2D eigenvalue weighted by molar-refractivity contribution is 1.18. The molecule has 5 nitrogen and oxygen atoms in total. The van der Waals surface area contributed by atoms with Crippen molar-refractivity contribution in [2.45, 2.75) is 0 Å². The van der Waals surface area contributed by atoms with Crippen molar-refractivity contribution in [3.8, 4) is 45.8 Å². The molecule has 50 heavy (non-hydrogen) atoms. The Labute approximate surface area is 288 Å². The van der Waals surface area contributed by atoms with E-state index in [4.69, 9.17) is 6.57 Å². The van der Waals surface area contributed by atoms with Crippen LogP contribution in [-0.4, -0.2) is 9.13 Å². The number of benzene rings is 7. The van der Waals surface area contributed by atoms with Gasteiger partial charge in [-0.1, -0.05) is 97.1 Å². The van der Waals surface area contributed by atoms with Gasteiger partial charge in [0.2, 0.25) is 5.69 Å². The molecule has 0 amide bonds. The van der Waals surface area contributed by atoms with Crippen molar-refractivity contribution in [2.24, 2.45) is 0 Å². The van der Waals surface area contributed by atoms with Crippen LogP contribution in [0.25, 0.3) is 82.1 Å². The fraction of sp³-hybridized carbons (Fsp3) is 0. The Bertz CT molecular complexity index is 2900. The van der Waals surface area contributed by atoms with Gasteiger partial charge >= 0.3 is 0 Å². The van der Waals surface area contributed by atoms with E-state index in [1.54, 1.807) is 12.1 Å². The summed E-state index contributed by atoms with van der Waals surface area (Å²) in [5, 5.41) is 23.8. The summed E-state index contributed by atoms with van der Waals surface area (Å²) < 4.78 is 4.40. The monoisotopic (exact) mass is 635 g/mol. The number of fused-ring (bicyclic) bond motifs is 6. The van der Waals surface area contributed by atoms with Crippen molar-refractivity contribution in [3.05, 3.63) is 174 Å². The van der Waals surface area contributed by atoms with Crippen LogP contribution in [0.4, 0.5) is 5.69 Å². The molecule has 0 fully saturated rings. The Morgan fingerprint density at radius 1 is 0.500 bits per heavy atom. The maximum atomic E-state index is 10.0. The van der Waals surface area contributed by atoms with Gasteiger partial charge in [-0.05, 0) is 76.9 Å². The number of para-hydroxylation sites is 3. The Hall–Kier alpha value is -7.39. The van der Waals surface area contributed by atoms with Gasteiger partial charge in [0.05, 0.1) is 57.6 Å². The Kier molecular flexibility index (Phi) is 6.56. The third-order valence-electron chi connectivity index (χ3n) is 9.61. The SMILES string of the molecule is [C-]#[N+]c1cccc(-c2ccc(-c3cccc(-n4c5ccccc5c5ccccc54)c3)cc2)c1-n1c2ccc(C#N)cc2c2c(C#N)cccc21. The second-order valence-electron chi connectivity index (χ2n) is 12.3. The van der Waals surface area contributed by atoms with E-state index in [9.17, 15) is 10.5 Å². The molecule has 0 atom stereocenters. The highest BCUT2D eigenvalue weighted by atomic mass is 15.0. The number of rotatable bonds is 4. The van der Waals surface area contributed by atoms with Crippen LogP contribution in [0.3, 0.4) is 0 Å². The lowest BCUT2D eigenvalue weighted by Crippen LogP contribution is -1.98. The molecule has 0 bridgehead atoms. The van der Waals surface area contributed by atoms with Crippen molar-refractivity contribution in [1.82, 2.24) is 9.13 Å². The van der Waals surface area contributed by atoms with E-state index in [-0.39, 0.29) is 0 Å². The van der Waals surface area contributed by atoms with E-state index in [1.165, 1.54) is 21.8 Å². The zero-order valence-corrected chi connectivity index (χ0v) is 26.7. The zero-order chi connectivity index (χ0) is 33.8. The average molecular weight is 636 g/mol. The summed E-state index contributed by atoms with van der Waals surface area (Å²) in [6, 6.07) is 55.7. The fourth-order valence-electron chi connectivity index (χ4n) is 7.43. The summed E-state index contributed by atoms with van der Waals surface area (Å²) in [5.41, 5.74) is 11.4. The maximum absolute atomic E-state index is 10.0. The molecule has 9 rings (SSSR count). The van der Waals surface area contributed by atoms with Gasteiger partial charge in [-0.15, -0.1) is 0 Å². The molecule has 0 aliphatic rings. The van der Waals surface area contributed by atoms with Gasteiger partial charge in [0.1, 0.15) is 0 Å². The third-order valence-corrected chi connectivity index (χ3v) is 9.61. The van der Waals surface area contributed by atoms with E-state index in [2.05, 4.69) is 123 Å². The minimum atomic E-state index is 0.496. The van der Waals surface area contributed by atoms with Crippen LogP contribution in [0, 0.1) is 29.2 Å². The lowest BCUT2D eigenvalue weighted by Gasteiger charge is -2.16. The zero-order valence-electron chi connectivity index (χ0n) is 26.7. The first kappa shape index (κ1) is 28.8. The molecule has 0 radical (unpaired) electrons. The molecule has 0 aliphatic carbocycles. The predicted molar refractivity (Wildman–Crippen MR) is 202 cm³/mol. The highest BCUT2D eigenvalue weighted by Gasteiger charge is 2.21. The van der Waals surface area contributed by atoms with E-state index in [0.29, 0.717) is 16.8 Å². The van der Waals surface area contributed by atoms with Gasteiger partial charge < -0.3 is 9.13 Å². The molecular formula is C45H25N5. The molecule has 0 saturated heterocycles. The molecule has 0 aliphatic heterocycles. The smallest absolute Gasteiger partial charge is 0.211 e. The molecule has 2 heterocycles. The van der Waals surface area contributed by atoms with Crippen LogP contribution < -0.4 is 0 Å². The predicted octanol–water partition coefficient (Wildman–Crippen LogP) is 11.5. The van der Waals surface area contributed by atoms with E-state index in [1.807, 2.05) is 42.5 Å². The van der Waals surface area contributed by atoms with Gasteiger partial charge in [-0.25, -0.2) is 4.85 Å². The minimum absolute atomic E-state index is 0.496. The summed E-state index contributed by atoms with van der Waals surface area (Å²) in [4.78, 5) is 3.95. The van der Waals surface area contributed by atoms with Crippen molar-refractivity contribution >= 4 is 49.3 Å². The van der Waals surface area contributed by atoms with Gasteiger partial charge in [0.15, 0.2) is 0 Å². The van der Waals surface area contributed by atoms with Crippen LogP contribution in [-0.2, 0) is 0 Å². The molecule has 2 aromatic heterocycles. The van der Waals surface area contributed by atoms with Crippen LogP contribution in [0.15, 0.2) is 152 Å². The molecule has 5 heteroatoms. The number of nitrogens with zero attached hydrogens (tertiary/aromatic N) is 5. The summed E-state index contributed by atoms with van der Waals surface area (Å²) in [6.45, 7) is 8.15. The quantitative estimate of drug-likeness (QED) is 0.181. The molecule has 0 unspecified atom stereocenters. The van der Waals surface area contributed by atoms with Gasteiger partial charge in [-0.3, -0.25) is 0 Å². The van der Waals surface area contributed by atoms with Crippen LogP contribution in [0.1, 0.15) is 11.1 Å². The van der Waals surface area contributed by atoms with Crippen molar-refractivity contribution < 1.29 is 0 Å². The van der Waals surface area contributed by atoms with Gasteiger partial charge in [0.25, 0.3) is 0 Å². The molecule has 0 N–H and O–H groups in total. The minimum Gasteiger partial charge on any atom is -0.318 e. The van der Waals surface area contributed by atoms with E-state index < -0.39 is 0 Å². The first-order valence-electron chi connectivity index (χ1n) is 16.3. The molecular weight excluding hydrogens is 611 g/mol. The Balaban J connectivity index is 1.19. The van der Waals surface area contributed by atoms with Crippen LogP contribution >= 0.6 is 0 Å². The first-order chi connectivity index (χ1) is 24.7. The largest absolute Gasteiger partial charge is 0.318 e. The van der Waals surface area contributed by atoms with Crippen LogP contribution in [0.2, 0.25) is 0 Å². The standard InChI is InChI=1S/C45H25N5/c1-48-39-15-8-14-35(45(39)50-42-24-19-29(27-46)25-38(42)44-33(28-47)10-7-18-43(44)50)31-22-20-30(21-23-31)32-9-6-11-34(26-32)49-40-16-4-2-12-36(40)37-13-3-5-17-41(37)49/h2-26H.